The molecule has 0 spiro atoms. The Bertz CT molecular complexity index is 469. The van der Waals surface area contributed by atoms with Crippen LogP contribution in [0.1, 0.15) is 33.6 Å². The lowest BCUT2D eigenvalue weighted by molar-refractivity contribution is -0.143. The molecule has 1 rings (SSSR count). The fourth-order valence-electron chi connectivity index (χ4n) is 2.65. The number of carboxylic acids is 1. The van der Waals surface area contributed by atoms with Crippen LogP contribution in [-0.2, 0) is 19.1 Å². The lowest BCUT2D eigenvalue weighted by Crippen LogP contribution is -2.64. The number of hydrogen-bond donors (Lipinski definition) is 5. The van der Waals surface area contributed by atoms with Crippen molar-refractivity contribution in [2.75, 3.05) is 6.61 Å². The molecule has 1 amide bonds. The smallest absolute Gasteiger partial charge is 0.370 e. The summed E-state index contributed by atoms with van der Waals surface area (Å²) in [6.45, 7) is 5.76. The standard InChI is InChI=1S/C15H28N4O5/c1-4-6-23-10(5-2)13-12(18-8(3)20)9(19-15(16)17)7-11(24-13)14(21)22/h7,9-10,12-13,15,19H,4-6,16-17H2,1-3H3,(H,18,20)(H,21,22). The van der Waals surface area contributed by atoms with E-state index in [1.54, 1.807) is 0 Å². The van der Waals surface area contributed by atoms with Crippen LogP contribution in [0.25, 0.3) is 0 Å². The van der Waals surface area contributed by atoms with E-state index in [1.165, 1.54) is 13.0 Å². The molecule has 0 saturated heterocycles. The van der Waals surface area contributed by atoms with Gasteiger partial charge in [-0.2, -0.15) is 0 Å². The van der Waals surface area contributed by atoms with Crippen molar-refractivity contribution in [2.45, 2.75) is 64.2 Å². The highest BCUT2D eigenvalue weighted by molar-refractivity contribution is 5.84. The number of carbonyl (C=O) groups is 2. The summed E-state index contributed by atoms with van der Waals surface area (Å²) in [6.07, 6.45) is 0.813. The summed E-state index contributed by atoms with van der Waals surface area (Å²) >= 11 is 0. The summed E-state index contributed by atoms with van der Waals surface area (Å²) in [4.78, 5) is 23.0. The monoisotopic (exact) mass is 344 g/mol. The zero-order valence-electron chi connectivity index (χ0n) is 14.3. The summed E-state index contributed by atoms with van der Waals surface area (Å²) in [5.74, 6) is -1.70. The van der Waals surface area contributed by atoms with Crippen molar-refractivity contribution < 1.29 is 24.2 Å². The van der Waals surface area contributed by atoms with E-state index in [0.29, 0.717) is 13.0 Å². The first kappa shape index (κ1) is 20.4. The summed E-state index contributed by atoms with van der Waals surface area (Å²) in [7, 11) is 0. The van der Waals surface area contributed by atoms with Gasteiger partial charge in [0.25, 0.3) is 0 Å². The van der Waals surface area contributed by atoms with Crippen LogP contribution in [0, 0.1) is 0 Å². The Labute approximate surface area is 141 Å². The topological polar surface area (TPSA) is 149 Å². The van der Waals surface area contributed by atoms with E-state index < -0.39 is 30.4 Å². The summed E-state index contributed by atoms with van der Waals surface area (Å²) < 4.78 is 11.4. The molecular formula is C15H28N4O5. The predicted molar refractivity (Wildman–Crippen MR) is 87.6 cm³/mol. The molecule has 0 saturated carbocycles. The van der Waals surface area contributed by atoms with E-state index in [1.807, 2.05) is 13.8 Å². The first-order chi connectivity index (χ1) is 11.3. The molecule has 1 aliphatic rings. The highest BCUT2D eigenvalue weighted by Gasteiger charge is 2.41. The van der Waals surface area contributed by atoms with Gasteiger partial charge in [0.2, 0.25) is 11.7 Å². The van der Waals surface area contributed by atoms with Crippen LogP contribution in [0.2, 0.25) is 0 Å². The van der Waals surface area contributed by atoms with Crippen LogP contribution in [0.4, 0.5) is 0 Å². The van der Waals surface area contributed by atoms with Crippen LogP contribution in [0.15, 0.2) is 11.8 Å². The van der Waals surface area contributed by atoms with Crippen molar-refractivity contribution in [1.82, 2.24) is 10.6 Å². The zero-order chi connectivity index (χ0) is 18.3. The minimum atomic E-state index is -1.20. The van der Waals surface area contributed by atoms with E-state index in [2.05, 4.69) is 10.6 Å². The highest BCUT2D eigenvalue weighted by atomic mass is 16.6. The number of carbonyl (C=O) groups excluding carboxylic acids is 1. The van der Waals surface area contributed by atoms with Crippen LogP contribution >= 0.6 is 0 Å². The Morgan fingerprint density at radius 3 is 2.54 bits per heavy atom. The van der Waals surface area contributed by atoms with Crippen LogP contribution < -0.4 is 22.1 Å². The zero-order valence-corrected chi connectivity index (χ0v) is 14.3. The number of carboxylic acid groups (broad SMARTS) is 1. The van der Waals surface area contributed by atoms with Crippen molar-refractivity contribution in [3.63, 3.8) is 0 Å². The molecule has 0 bridgehead atoms. The number of ether oxygens (including phenoxy) is 2. The summed E-state index contributed by atoms with van der Waals surface area (Å²) in [5, 5.41) is 14.9. The number of amides is 1. The first-order valence-corrected chi connectivity index (χ1v) is 8.07. The summed E-state index contributed by atoms with van der Waals surface area (Å²) in [5.41, 5.74) is 11.2. The van der Waals surface area contributed by atoms with Gasteiger partial charge in [0.15, 0.2) is 0 Å². The largest absolute Gasteiger partial charge is 0.478 e. The molecule has 1 heterocycles. The van der Waals surface area contributed by atoms with Gasteiger partial charge in [-0.1, -0.05) is 13.8 Å². The van der Waals surface area contributed by atoms with E-state index >= 15 is 0 Å². The van der Waals surface area contributed by atoms with Gasteiger partial charge < -0.3 is 31.4 Å². The van der Waals surface area contributed by atoms with Gasteiger partial charge in [-0.15, -0.1) is 0 Å². The maximum Gasteiger partial charge on any atom is 0.370 e. The van der Waals surface area contributed by atoms with Gasteiger partial charge in [-0.3, -0.25) is 10.1 Å². The second-order valence-corrected chi connectivity index (χ2v) is 5.68. The molecule has 4 atom stereocenters. The van der Waals surface area contributed by atoms with Gasteiger partial charge in [0.05, 0.1) is 18.2 Å². The molecule has 0 aliphatic carbocycles. The third-order valence-corrected chi connectivity index (χ3v) is 3.61. The molecule has 9 nitrogen and oxygen atoms in total. The molecule has 0 radical (unpaired) electrons. The van der Waals surface area contributed by atoms with Crippen molar-refractivity contribution in [2.24, 2.45) is 11.5 Å². The Hall–Kier alpha value is -1.68. The third kappa shape index (κ3) is 5.75. The Morgan fingerprint density at radius 2 is 2.08 bits per heavy atom. The maximum atomic E-state index is 11.6. The molecule has 9 heteroatoms. The highest BCUT2D eigenvalue weighted by Crippen LogP contribution is 2.24. The summed E-state index contributed by atoms with van der Waals surface area (Å²) in [6, 6.07) is -1.17. The minimum Gasteiger partial charge on any atom is -0.478 e. The molecule has 24 heavy (non-hydrogen) atoms. The lowest BCUT2D eigenvalue weighted by Gasteiger charge is -2.41. The van der Waals surface area contributed by atoms with Gasteiger partial charge in [-0.25, -0.2) is 4.79 Å². The van der Waals surface area contributed by atoms with Crippen molar-refractivity contribution >= 4 is 11.9 Å². The van der Waals surface area contributed by atoms with Gasteiger partial charge in [0.1, 0.15) is 12.4 Å². The average molecular weight is 344 g/mol. The van der Waals surface area contributed by atoms with E-state index in [0.717, 1.165) is 6.42 Å². The van der Waals surface area contributed by atoms with Crippen molar-refractivity contribution in [3.05, 3.63) is 11.8 Å². The van der Waals surface area contributed by atoms with Crippen molar-refractivity contribution in [3.8, 4) is 0 Å². The van der Waals surface area contributed by atoms with E-state index in [4.69, 9.17) is 20.9 Å². The first-order valence-electron chi connectivity index (χ1n) is 8.07. The lowest BCUT2D eigenvalue weighted by atomic mass is 9.93. The molecule has 0 aromatic rings. The average Bonchev–Trinajstić information content (AvgIpc) is 2.49. The molecule has 7 N–H and O–H groups in total. The molecular weight excluding hydrogens is 316 g/mol. The van der Waals surface area contributed by atoms with Crippen LogP contribution in [0.5, 0.6) is 0 Å². The third-order valence-electron chi connectivity index (χ3n) is 3.61. The molecule has 0 aromatic heterocycles. The quantitative estimate of drug-likeness (QED) is 0.342. The van der Waals surface area contributed by atoms with E-state index in [-0.39, 0.29) is 17.8 Å². The SMILES string of the molecule is CCCOC(CC)C1OC(C(=O)O)=CC(NC(N)N)C1NC(C)=O. The fraction of sp³-hybridized carbons (Fsp3) is 0.733. The Balaban J connectivity index is 3.16. The number of hydrogen-bond acceptors (Lipinski definition) is 7. The minimum absolute atomic E-state index is 0.224. The molecule has 4 unspecified atom stereocenters. The van der Waals surface area contributed by atoms with E-state index in [9.17, 15) is 14.7 Å². The van der Waals surface area contributed by atoms with Gasteiger partial charge in [0, 0.05) is 13.5 Å². The van der Waals surface area contributed by atoms with Gasteiger partial charge >= 0.3 is 5.97 Å². The second kappa shape index (κ2) is 9.58. The number of aliphatic carboxylic acids is 1. The molecule has 0 fully saturated rings. The normalized spacial score (nSPS) is 24.9. The number of rotatable bonds is 9. The number of nitrogens with two attached hydrogens (primary N) is 2. The van der Waals surface area contributed by atoms with Crippen LogP contribution in [0.3, 0.4) is 0 Å². The molecule has 0 aromatic carbocycles. The fourth-order valence-corrected chi connectivity index (χ4v) is 2.65. The Morgan fingerprint density at radius 1 is 1.42 bits per heavy atom. The van der Waals surface area contributed by atoms with Crippen molar-refractivity contribution in [1.29, 1.82) is 0 Å². The van der Waals surface area contributed by atoms with Crippen LogP contribution in [-0.4, -0.2) is 54.2 Å². The second-order valence-electron chi connectivity index (χ2n) is 5.68. The Kier molecular flexibility index (Phi) is 8.13. The number of nitrogens with one attached hydrogen (secondary N) is 2. The predicted octanol–water partition coefficient (Wildman–Crippen LogP) is -0.777. The molecule has 138 valence electrons. The van der Waals surface area contributed by atoms with Gasteiger partial charge in [-0.05, 0) is 18.9 Å². The maximum absolute atomic E-state index is 11.6. The molecule has 1 aliphatic heterocycles.